The molecule has 0 spiro atoms. The molecule has 2 amide bonds. The van der Waals surface area contributed by atoms with Crippen molar-refractivity contribution in [1.29, 1.82) is 0 Å². The second kappa shape index (κ2) is 12.9. The molecule has 1 aliphatic carbocycles. The van der Waals surface area contributed by atoms with Crippen LogP contribution >= 0.6 is 0 Å². The molecule has 10 nitrogen and oxygen atoms in total. The van der Waals surface area contributed by atoms with Gasteiger partial charge in [0.05, 0.1) is 6.54 Å². The summed E-state index contributed by atoms with van der Waals surface area (Å²) in [7, 11) is 0. The highest BCUT2D eigenvalue weighted by Crippen LogP contribution is 2.27. The van der Waals surface area contributed by atoms with Crippen LogP contribution in [-0.2, 0) is 19.1 Å². The van der Waals surface area contributed by atoms with E-state index in [1.165, 1.54) is 19.3 Å². The predicted octanol–water partition coefficient (Wildman–Crippen LogP) is 1.08. The number of carbonyl (C=O) groups is 4. The summed E-state index contributed by atoms with van der Waals surface area (Å²) in [5.41, 5.74) is 4.55. The van der Waals surface area contributed by atoms with Crippen molar-refractivity contribution in [3.8, 4) is 0 Å². The Bertz CT molecular complexity index is 526. The van der Waals surface area contributed by atoms with Crippen molar-refractivity contribution in [1.82, 2.24) is 10.6 Å². The molecule has 0 aliphatic heterocycles. The van der Waals surface area contributed by atoms with Crippen molar-refractivity contribution in [3.05, 3.63) is 0 Å². The predicted molar refractivity (Wildman–Crippen MR) is 102 cm³/mol. The molecule has 0 aromatic rings. The molecule has 162 valence electrons. The van der Waals surface area contributed by atoms with Crippen LogP contribution in [0, 0.1) is 5.92 Å². The molecule has 1 rings (SSSR count). The van der Waals surface area contributed by atoms with Crippen molar-refractivity contribution in [2.24, 2.45) is 11.7 Å². The molecule has 0 aromatic heterocycles. The van der Waals surface area contributed by atoms with E-state index in [0.29, 0.717) is 12.3 Å². The molecule has 28 heavy (non-hydrogen) atoms. The van der Waals surface area contributed by atoms with E-state index in [1.807, 2.05) is 0 Å². The van der Waals surface area contributed by atoms with Crippen molar-refractivity contribution >= 4 is 23.9 Å². The Morgan fingerprint density at radius 3 is 2.11 bits per heavy atom. The number of rotatable bonds is 7. The minimum Gasteiger partial charge on any atom is -0.480 e. The highest BCUT2D eigenvalue weighted by atomic mass is 16.6. The number of carboxylic acids is 2. The number of amides is 2. The third kappa shape index (κ3) is 13.8. The fourth-order valence-electron chi connectivity index (χ4n) is 2.69. The first-order chi connectivity index (χ1) is 12.9. The molecule has 1 fully saturated rings. The van der Waals surface area contributed by atoms with Crippen LogP contribution in [0.2, 0.25) is 0 Å². The van der Waals surface area contributed by atoms with E-state index >= 15 is 0 Å². The lowest BCUT2D eigenvalue weighted by Gasteiger charge is -2.24. The zero-order valence-corrected chi connectivity index (χ0v) is 16.8. The molecule has 0 saturated heterocycles. The third-order valence-corrected chi connectivity index (χ3v) is 3.90. The van der Waals surface area contributed by atoms with Gasteiger partial charge in [-0.15, -0.1) is 0 Å². The molecule has 10 heteroatoms. The Kier molecular flexibility index (Phi) is 11.8. The van der Waals surface area contributed by atoms with Gasteiger partial charge in [-0.25, -0.2) is 9.59 Å². The molecule has 1 atom stereocenters. The quantitative estimate of drug-likeness (QED) is 0.421. The summed E-state index contributed by atoms with van der Waals surface area (Å²) < 4.78 is 4.77. The number of nitrogens with two attached hydrogens (primary N) is 1. The van der Waals surface area contributed by atoms with Crippen LogP contribution in [0.5, 0.6) is 0 Å². The zero-order valence-electron chi connectivity index (χ0n) is 16.8. The monoisotopic (exact) mass is 403 g/mol. The number of carboxylic acid groups (broad SMARTS) is 2. The summed E-state index contributed by atoms with van der Waals surface area (Å²) in [6, 6.07) is -0.779. The first kappa shape index (κ1) is 25.6. The number of hydrogen-bond acceptors (Lipinski definition) is 6. The van der Waals surface area contributed by atoms with E-state index in [1.54, 1.807) is 20.8 Å². The molecule has 6 N–H and O–H groups in total. The summed E-state index contributed by atoms with van der Waals surface area (Å²) in [6.45, 7) is 4.53. The maximum Gasteiger partial charge on any atom is 0.408 e. The molecular formula is C18H33N3O7. The number of aliphatic carboxylic acids is 2. The van der Waals surface area contributed by atoms with E-state index in [4.69, 9.17) is 20.7 Å². The summed E-state index contributed by atoms with van der Waals surface area (Å²) in [5.74, 6) is -2.04. The van der Waals surface area contributed by atoms with Gasteiger partial charge in [0.15, 0.2) is 0 Å². The molecule has 0 aromatic carbocycles. The largest absolute Gasteiger partial charge is 0.480 e. The average Bonchev–Trinajstić information content (AvgIpc) is 2.59. The first-order valence-corrected chi connectivity index (χ1v) is 9.35. The lowest BCUT2D eigenvalue weighted by atomic mass is 9.85. The van der Waals surface area contributed by atoms with E-state index in [9.17, 15) is 19.2 Å². The minimum absolute atomic E-state index is 0.158. The number of nitrogens with one attached hydrogen (secondary N) is 2. The van der Waals surface area contributed by atoms with E-state index in [0.717, 1.165) is 12.8 Å². The third-order valence-electron chi connectivity index (χ3n) is 3.90. The van der Waals surface area contributed by atoms with Gasteiger partial charge in [0.25, 0.3) is 0 Å². The normalized spacial score (nSPS) is 15.4. The van der Waals surface area contributed by atoms with E-state index in [-0.39, 0.29) is 6.54 Å². The SMILES string of the molecule is CC(C)(C)OC(=O)NCC(=O)O.NCC(=O)N[C@H](CC1CCCCC1)C(=O)O. The Morgan fingerprint density at radius 2 is 1.68 bits per heavy atom. The van der Waals surface area contributed by atoms with Crippen molar-refractivity contribution in [2.45, 2.75) is 70.9 Å². The lowest BCUT2D eigenvalue weighted by Crippen LogP contribution is -2.44. The highest BCUT2D eigenvalue weighted by Gasteiger charge is 2.24. The van der Waals surface area contributed by atoms with Gasteiger partial charge in [0.1, 0.15) is 18.2 Å². The summed E-state index contributed by atoms with van der Waals surface area (Å²) in [5, 5.41) is 21.7. The smallest absolute Gasteiger partial charge is 0.408 e. The maximum atomic E-state index is 11.1. The Balaban J connectivity index is 0.000000546. The zero-order chi connectivity index (χ0) is 21.7. The van der Waals surface area contributed by atoms with Gasteiger partial charge in [-0.1, -0.05) is 32.1 Å². The standard InChI is InChI=1S/C11H20N2O3.C7H13NO4/c12-7-10(14)13-9(11(15)16)6-8-4-2-1-3-5-8;1-7(2,3)12-6(11)8-4-5(9)10/h8-9H,1-7,12H2,(H,13,14)(H,15,16);4H2,1-3H3,(H,8,11)(H,9,10)/t9-;/m1./s1. The molecule has 0 radical (unpaired) electrons. The van der Waals surface area contributed by atoms with Crippen LogP contribution in [0.15, 0.2) is 0 Å². The van der Waals surface area contributed by atoms with Crippen LogP contribution in [0.25, 0.3) is 0 Å². The van der Waals surface area contributed by atoms with Crippen LogP contribution in [0.3, 0.4) is 0 Å². The number of alkyl carbamates (subject to hydrolysis) is 1. The van der Waals surface area contributed by atoms with Gasteiger partial charge in [0, 0.05) is 0 Å². The second-order valence-corrected chi connectivity index (χ2v) is 7.65. The number of hydrogen-bond donors (Lipinski definition) is 5. The van der Waals surface area contributed by atoms with E-state index in [2.05, 4.69) is 10.6 Å². The number of ether oxygens (including phenoxy) is 1. The summed E-state index contributed by atoms with van der Waals surface area (Å²) in [6.07, 6.45) is 5.53. The lowest BCUT2D eigenvalue weighted by molar-refractivity contribution is -0.142. The van der Waals surface area contributed by atoms with Crippen LogP contribution < -0.4 is 16.4 Å². The molecular weight excluding hydrogens is 370 g/mol. The van der Waals surface area contributed by atoms with Gasteiger partial charge < -0.3 is 31.3 Å². The first-order valence-electron chi connectivity index (χ1n) is 9.35. The van der Waals surface area contributed by atoms with Crippen molar-refractivity contribution in [2.75, 3.05) is 13.1 Å². The Hall–Kier alpha value is -2.36. The Morgan fingerprint density at radius 1 is 1.11 bits per heavy atom. The van der Waals surface area contributed by atoms with Gasteiger partial charge in [-0.05, 0) is 33.1 Å². The summed E-state index contributed by atoms with van der Waals surface area (Å²) in [4.78, 5) is 42.8. The fourth-order valence-corrected chi connectivity index (χ4v) is 2.69. The van der Waals surface area contributed by atoms with E-state index < -0.39 is 42.1 Å². The Labute approximate surface area is 165 Å². The second-order valence-electron chi connectivity index (χ2n) is 7.65. The molecule has 0 heterocycles. The van der Waals surface area contributed by atoms with Crippen LogP contribution in [0.4, 0.5) is 4.79 Å². The van der Waals surface area contributed by atoms with Crippen molar-refractivity contribution in [3.63, 3.8) is 0 Å². The molecule has 1 aliphatic rings. The van der Waals surface area contributed by atoms with Crippen LogP contribution in [0.1, 0.15) is 59.3 Å². The highest BCUT2D eigenvalue weighted by molar-refractivity contribution is 5.84. The molecule has 0 unspecified atom stereocenters. The number of carbonyl (C=O) groups excluding carboxylic acids is 2. The average molecular weight is 403 g/mol. The van der Waals surface area contributed by atoms with Crippen LogP contribution in [-0.4, -0.2) is 58.9 Å². The van der Waals surface area contributed by atoms with Crippen molar-refractivity contribution < 1.29 is 34.1 Å². The molecule has 0 bridgehead atoms. The fraction of sp³-hybridized carbons (Fsp3) is 0.778. The summed E-state index contributed by atoms with van der Waals surface area (Å²) >= 11 is 0. The molecule has 1 saturated carbocycles. The van der Waals surface area contributed by atoms with Gasteiger partial charge >= 0.3 is 18.0 Å². The van der Waals surface area contributed by atoms with Gasteiger partial charge in [0.2, 0.25) is 5.91 Å². The topological polar surface area (TPSA) is 168 Å². The minimum atomic E-state index is -1.10. The van der Waals surface area contributed by atoms with Gasteiger partial charge in [-0.2, -0.15) is 0 Å². The maximum absolute atomic E-state index is 11.1. The van der Waals surface area contributed by atoms with Gasteiger partial charge in [-0.3, -0.25) is 9.59 Å².